The van der Waals surface area contributed by atoms with Crippen molar-refractivity contribution in [3.8, 4) is 5.75 Å². The molecule has 0 aliphatic heterocycles. The fraction of sp³-hybridized carbons (Fsp3) is 0.391. The Balaban J connectivity index is 2.44. The van der Waals surface area contributed by atoms with Crippen LogP contribution in [0.3, 0.4) is 0 Å². The Hall–Kier alpha value is -2.49. The van der Waals surface area contributed by atoms with E-state index in [-0.39, 0.29) is 28.2 Å². The van der Waals surface area contributed by atoms with Crippen LogP contribution in [0.2, 0.25) is 10.0 Å². The highest BCUT2D eigenvalue weighted by Crippen LogP contribution is 2.28. The molecule has 1 N–H and O–H groups in total. The molecule has 2 aromatic carbocycles. The smallest absolute Gasteiger partial charge is 0.244 e. The number of ether oxygens (including phenoxy) is 1. The maximum atomic E-state index is 13.5. The second kappa shape index (κ2) is 12.3. The predicted octanol–water partition coefficient (Wildman–Crippen LogP) is 3.71. The van der Waals surface area contributed by atoms with E-state index in [1.165, 1.54) is 23.1 Å². The Morgan fingerprint density at radius 1 is 1.06 bits per heavy atom. The number of rotatable bonds is 11. The van der Waals surface area contributed by atoms with E-state index in [1.807, 2.05) is 0 Å². The zero-order valence-corrected chi connectivity index (χ0v) is 21.9. The van der Waals surface area contributed by atoms with E-state index in [0.29, 0.717) is 18.7 Å². The molecule has 1 atom stereocenters. The van der Waals surface area contributed by atoms with Crippen molar-refractivity contribution in [1.29, 1.82) is 0 Å². The molecule has 186 valence electrons. The van der Waals surface area contributed by atoms with Gasteiger partial charge in [0.15, 0.2) is 0 Å². The summed E-state index contributed by atoms with van der Waals surface area (Å²) < 4.78 is 31.3. The number of carbonyl (C=O) groups excluding carboxylic acids is 2. The number of hydrogen-bond donors (Lipinski definition) is 1. The van der Waals surface area contributed by atoms with Gasteiger partial charge in [-0.3, -0.25) is 13.9 Å². The minimum Gasteiger partial charge on any atom is -0.497 e. The monoisotopic (exact) mass is 529 g/mol. The Bertz CT molecular complexity index is 1110. The molecular formula is C23H29Cl2N3O5S. The summed E-state index contributed by atoms with van der Waals surface area (Å²) in [5, 5.41) is 3.16. The Morgan fingerprint density at radius 3 is 2.21 bits per heavy atom. The van der Waals surface area contributed by atoms with Gasteiger partial charge in [-0.25, -0.2) is 8.42 Å². The van der Waals surface area contributed by atoms with Crippen molar-refractivity contribution >= 4 is 50.7 Å². The first kappa shape index (κ1) is 27.8. The van der Waals surface area contributed by atoms with E-state index >= 15 is 0 Å². The van der Waals surface area contributed by atoms with E-state index in [0.717, 1.165) is 16.1 Å². The average Bonchev–Trinajstić information content (AvgIpc) is 2.79. The minimum absolute atomic E-state index is 0.109. The van der Waals surface area contributed by atoms with Crippen LogP contribution in [0.1, 0.15) is 25.8 Å². The summed E-state index contributed by atoms with van der Waals surface area (Å²) in [6.45, 7) is 3.58. The molecule has 0 saturated carbocycles. The van der Waals surface area contributed by atoms with E-state index in [9.17, 15) is 18.0 Å². The van der Waals surface area contributed by atoms with Crippen molar-refractivity contribution in [2.45, 2.75) is 32.9 Å². The SMILES string of the molecule is CCNC(=O)[C@@H](CC)N(Cc1ccc(OC)cc1)C(=O)CN(c1ccc(Cl)c(Cl)c1)S(C)(=O)=O. The van der Waals surface area contributed by atoms with Gasteiger partial charge in [-0.05, 0) is 49.2 Å². The van der Waals surface area contributed by atoms with E-state index in [1.54, 1.807) is 45.2 Å². The van der Waals surface area contributed by atoms with Gasteiger partial charge in [-0.1, -0.05) is 42.3 Å². The molecule has 0 aliphatic rings. The van der Waals surface area contributed by atoms with Crippen LogP contribution in [-0.2, 0) is 26.2 Å². The Labute approximate surface area is 210 Å². The first-order valence-corrected chi connectivity index (χ1v) is 13.2. The highest BCUT2D eigenvalue weighted by Gasteiger charge is 2.31. The molecule has 2 aromatic rings. The second-order valence-electron chi connectivity index (χ2n) is 7.56. The lowest BCUT2D eigenvalue weighted by Crippen LogP contribution is -2.52. The molecule has 0 bridgehead atoms. The van der Waals surface area contributed by atoms with Crippen molar-refractivity contribution in [2.24, 2.45) is 0 Å². The third kappa shape index (κ3) is 7.25. The molecule has 0 aliphatic carbocycles. The number of carbonyl (C=O) groups is 2. The lowest BCUT2D eigenvalue weighted by molar-refractivity contribution is -0.140. The van der Waals surface area contributed by atoms with Gasteiger partial charge in [0, 0.05) is 13.1 Å². The number of likely N-dealkylation sites (N-methyl/N-ethyl adjacent to an activating group) is 1. The van der Waals surface area contributed by atoms with Crippen molar-refractivity contribution in [2.75, 3.05) is 30.8 Å². The molecular weight excluding hydrogens is 501 g/mol. The van der Waals surface area contributed by atoms with Gasteiger partial charge in [-0.2, -0.15) is 0 Å². The molecule has 8 nitrogen and oxygen atoms in total. The second-order valence-corrected chi connectivity index (χ2v) is 10.3. The lowest BCUT2D eigenvalue weighted by Gasteiger charge is -2.32. The van der Waals surface area contributed by atoms with Gasteiger partial charge in [0.05, 0.1) is 29.1 Å². The molecule has 11 heteroatoms. The third-order valence-corrected chi connectivity index (χ3v) is 7.00. The number of sulfonamides is 1. The first-order valence-electron chi connectivity index (χ1n) is 10.6. The number of halogens is 2. The molecule has 0 spiro atoms. The number of hydrogen-bond acceptors (Lipinski definition) is 5. The molecule has 2 rings (SSSR count). The zero-order chi connectivity index (χ0) is 25.5. The number of anilines is 1. The highest BCUT2D eigenvalue weighted by atomic mass is 35.5. The number of nitrogens with one attached hydrogen (secondary N) is 1. The maximum Gasteiger partial charge on any atom is 0.244 e. The van der Waals surface area contributed by atoms with E-state index in [2.05, 4.69) is 5.32 Å². The Kier molecular flexibility index (Phi) is 10.0. The number of nitrogens with zero attached hydrogens (tertiary/aromatic N) is 2. The molecule has 2 amide bonds. The number of amides is 2. The summed E-state index contributed by atoms with van der Waals surface area (Å²) in [6.07, 6.45) is 1.34. The lowest BCUT2D eigenvalue weighted by atomic mass is 10.1. The van der Waals surface area contributed by atoms with Gasteiger partial charge in [0.25, 0.3) is 0 Å². The summed E-state index contributed by atoms with van der Waals surface area (Å²) in [5.74, 6) is -0.196. The van der Waals surface area contributed by atoms with Crippen LogP contribution in [0.25, 0.3) is 0 Å². The van der Waals surface area contributed by atoms with Gasteiger partial charge in [0.2, 0.25) is 21.8 Å². The van der Waals surface area contributed by atoms with Crippen LogP contribution in [-0.4, -0.2) is 57.6 Å². The van der Waals surface area contributed by atoms with Crippen molar-refractivity contribution in [3.63, 3.8) is 0 Å². The molecule has 0 radical (unpaired) electrons. The van der Waals surface area contributed by atoms with E-state index < -0.39 is 28.5 Å². The summed E-state index contributed by atoms with van der Waals surface area (Å²) in [5.41, 5.74) is 0.957. The fourth-order valence-corrected chi connectivity index (χ4v) is 4.53. The van der Waals surface area contributed by atoms with Crippen molar-refractivity contribution < 1.29 is 22.7 Å². The molecule has 0 fully saturated rings. The van der Waals surface area contributed by atoms with Crippen LogP contribution in [0.4, 0.5) is 5.69 Å². The molecule has 0 unspecified atom stereocenters. The van der Waals surface area contributed by atoms with Crippen LogP contribution < -0.4 is 14.4 Å². The fourth-order valence-electron chi connectivity index (χ4n) is 3.39. The zero-order valence-electron chi connectivity index (χ0n) is 19.5. The predicted molar refractivity (Wildman–Crippen MR) is 135 cm³/mol. The normalized spacial score (nSPS) is 12.1. The summed E-state index contributed by atoms with van der Waals surface area (Å²) >= 11 is 12.0. The maximum absolute atomic E-state index is 13.5. The highest BCUT2D eigenvalue weighted by molar-refractivity contribution is 7.92. The van der Waals surface area contributed by atoms with E-state index in [4.69, 9.17) is 27.9 Å². The topological polar surface area (TPSA) is 96.0 Å². The third-order valence-electron chi connectivity index (χ3n) is 5.12. The molecule has 34 heavy (non-hydrogen) atoms. The van der Waals surface area contributed by atoms with Crippen molar-refractivity contribution in [1.82, 2.24) is 10.2 Å². The summed E-state index contributed by atoms with van der Waals surface area (Å²) in [4.78, 5) is 27.7. The molecule has 0 aromatic heterocycles. The van der Waals surface area contributed by atoms with Crippen LogP contribution >= 0.6 is 23.2 Å². The Morgan fingerprint density at radius 2 is 1.71 bits per heavy atom. The number of benzene rings is 2. The summed E-state index contributed by atoms with van der Waals surface area (Å²) in [6, 6.07) is 10.6. The summed E-state index contributed by atoms with van der Waals surface area (Å²) in [7, 11) is -2.30. The standard InChI is InChI=1S/C23H29Cl2N3O5S/c1-5-21(23(30)26-6-2)27(14-16-7-10-18(33-3)11-8-16)22(29)15-28(34(4,31)32)17-9-12-19(24)20(25)13-17/h7-13,21H,5-6,14-15H2,1-4H3,(H,26,30)/t21-/m1/s1. The van der Waals surface area contributed by atoms with Crippen LogP contribution in [0.15, 0.2) is 42.5 Å². The van der Waals surface area contributed by atoms with Crippen LogP contribution in [0.5, 0.6) is 5.75 Å². The van der Waals surface area contributed by atoms with Crippen LogP contribution in [0, 0.1) is 0 Å². The minimum atomic E-state index is -3.85. The van der Waals surface area contributed by atoms with Gasteiger partial charge in [0.1, 0.15) is 18.3 Å². The van der Waals surface area contributed by atoms with Gasteiger partial charge in [-0.15, -0.1) is 0 Å². The number of methoxy groups -OCH3 is 1. The first-order chi connectivity index (χ1) is 16.0. The van der Waals surface area contributed by atoms with Gasteiger partial charge >= 0.3 is 0 Å². The van der Waals surface area contributed by atoms with Crippen molar-refractivity contribution in [3.05, 3.63) is 58.1 Å². The quantitative estimate of drug-likeness (QED) is 0.478. The largest absolute Gasteiger partial charge is 0.497 e. The average molecular weight is 530 g/mol. The molecule has 0 heterocycles. The van der Waals surface area contributed by atoms with Gasteiger partial charge < -0.3 is 15.0 Å². The molecule has 0 saturated heterocycles.